The number of hydrogen-bond acceptors (Lipinski definition) is 1. The Hall–Kier alpha value is 0.350. The summed E-state index contributed by atoms with van der Waals surface area (Å²) < 4.78 is 0. The van der Waals surface area contributed by atoms with Crippen LogP contribution in [0.3, 0.4) is 0 Å². The molecule has 0 rings (SSSR count). The van der Waals surface area contributed by atoms with Gasteiger partial charge in [-0.2, -0.15) is 12.6 Å². The van der Waals surface area contributed by atoms with E-state index < -0.39 is 0 Å². The maximum atomic E-state index is 4.57. The number of rotatable bonds is 6. The van der Waals surface area contributed by atoms with Gasteiger partial charge in [0, 0.05) is 5.25 Å². The molecule has 12 heavy (non-hydrogen) atoms. The van der Waals surface area contributed by atoms with E-state index in [1.165, 1.54) is 32.1 Å². The Balaban J connectivity index is 3.94. The van der Waals surface area contributed by atoms with E-state index in [4.69, 9.17) is 0 Å². The van der Waals surface area contributed by atoms with E-state index in [1.807, 2.05) is 0 Å². The molecule has 0 saturated heterocycles. The largest absolute Gasteiger partial charge is 0.176 e. The minimum absolute atomic E-state index is 0.539. The first-order valence-corrected chi connectivity index (χ1v) is 5.77. The van der Waals surface area contributed by atoms with Crippen molar-refractivity contribution < 1.29 is 0 Å². The summed E-state index contributed by atoms with van der Waals surface area (Å²) in [4.78, 5) is 0. The van der Waals surface area contributed by atoms with Crippen LogP contribution in [0.25, 0.3) is 0 Å². The van der Waals surface area contributed by atoms with Gasteiger partial charge in [-0.1, -0.05) is 40.5 Å². The van der Waals surface area contributed by atoms with Crippen LogP contribution in [-0.4, -0.2) is 5.25 Å². The van der Waals surface area contributed by atoms with E-state index in [-0.39, 0.29) is 0 Å². The van der Waals surface area contributed by atoms with Crippen LogP contribution < -0.4 is 0 Å². The van der Waals surface area contributed by atoms with Crippen molar-refractivity contribution >= 4 is 12.6 Å². The summed E-state index contributed by atoms with van der Waals surface area (Å²) in [6.07, 6.45) is 6.41. The summed E-state index contributed by atoms with van der Waals surface area (Å²) in [5.74, 6) is 0. The Morgan fingerprint density at radius 1 is 1.25 bits per heavy atom. The molecule has 0 bridgehead atoms. The van der Waals surface area contributed by atoms with Crippen LogP contribution in [0.2, 0.25) is 0 Å². The van der Waals surface area contributed by atoms with Crippen molar-refractivity contribution in [3.63, 3.8) is 0 Å². The van der Waals surface area contributed by atoms with E-state index >= 15 is 0 Å². The van der Waals surface area contributed by atoms with Gasteiger partial charge in [0.25, 0.3) is 0 Å². The quantitative estimate of drug-likeness (QED) is 0.590. The summed E-state index contributed by atoms with van der Waals surface area (Å²) >= 11 is 4.57. The van der Waals surface area contributed by atoms with Gasteiger partial charge in [-0.25, -0.2) is 0 Å². The summed E-state index contributed by atoms with van der Waals surface area (Å²) in [6.45, 7) is 9.19. The van der Waals surface area contributed by atoms with Gasteiger partial charge in [-0.05, 0) is 24.7 Å². The fourth-order valence-corrected chi connectivity index (χ4v) is 2.18. The molecule has 0 radical (unpaired) electrons. The van der Waals surface area contributed by atoms with Gasteiger partial charge in [0.05, 0.1) is 0 Å². The van der Waals surface area contributed by atoms with Gasteiger partial charge in [-0.15, -0.1) is 0 Å². The molecular formula is C11H24S. The lowest BCUT2D eigenvalue weighted by Crippen LogP contribution is -2.19. The van der Waals surface area contributed by atoms with Crippen LogP contribution in [0.1, 0.15) is 59.8 Å². The van der Waals surface area contributed by atoms with Gasteiger partial charge >= 0.3 is 0 Å². The highest BCUT2D eigenvalue weighted by atomic mass is 32.1. The summed E-state index contributed by atoms with van der Waals surface area (Å²) in [5, 5.41) is 0.599. The Morgan fingerprint density at radius 3 is 2.17 bits per heavy atom. The van der Waals surface area contributed by atoms with Crippen molar-refractivity contribution in [2.75, 3.05) is 0 Å². The van der Waals surface area contributed by atoms with Crippen molar-refractivity contribution in [2.45, 2.75) is 65.0 Å². The number of thiol groups is 1. The second kappa shape index (κ2) is 5.90. The molecule has 0 aromatic carbocycles. The predicted molar refractivity (Wildman–Crippen MR) is 61.0 cm³/mol. The minimum atomic E-state index is 0.539. The van der Waals surface area contributed by atoms with E-state index in [9.17, 15) is 0 Å². The third-order valence-corrected chi connectivity index (χ3v) is 3.45. The molecule has 0 nitrogen and oxygen atoms in total. The molecule has 0 amide bonds. The van der Waals surface area contributed by atoms with E-state index in [0.717, 1.165) is 0 Å². The summed E-state index contributed by atoms with van der Waals surface area (Å²) in [7, 11) is 0. The smallest absolute Gasteiger partial charge is 0.00193 e. The van der Waals surface area contributed by atoms with E-state index in [0.29, 0.717) is 10.7 Å². The van der Waals surface area contributed by atoms with Gasteiger partial charge in [0.2, 0.25) is 0 Å². The van der Waals surface area contributed by atoms with Crippen molar-refractivity contribution in [3.8, 4) is 0 Å². The molecule has 0 N–H and O–H groups in total. The first kappa shape index (κ1) is 12.3. The highest BCUT2D eigenvalue weighted by molar-refractivity contribution is 7.80. The fraction of sp³-hybridized carbons (Fsp3) is 1.00. The molecule has 74 valence electrons. The highest BCUT2D eigenvalue weighted by Crippen LogP contribution is 2.34. The van der Waals surface area contributed by atoms with Crippen LogP contribution in [0.15, 0.2) is 0 Å². The molecule has 0 aromatic rings. The molecule has 2 unspecified atom stereocenters. The maximum absolute atomic E-state index is 4.57. The molecule has 1 heteroatoms. The molecule has 0 fully saturated rings. The Bertz CT molecular complexity index is 112. The first-order chi connectivity index (χ1) is 5.58. The van der Waals surface area contributed by atoms with Crippen molar-refractivity contribution in [3.05, 3.63) is 0 Å². The standard InChI is InChI=1S/C11H24S/c1-5-8-11(4,7-3)9-10(12)6-2/h10,12H,5-9H2,1-4H3. The predicted octanol–water partition coefficient (Wildman–Crippen LogP) is 4.30. The lowest BCUT2D eigenvalue weighted by molar-refractivity contribution is 0.255. The average Bonchev–Trinajstić information content (AvgIpc) is 2.05. The van der Waals surface area contributed by atoms with Crippen LogP contribution >= 0.6 is 12.6 Å². The molecule has 0 saturated carbocycles. The van der Waals surface area contributed by atoms with Crippen LogP contribution in [0, 0.1) is 5.41 Å². The molecule has 0 aliphatic carbocycles. The second-order valence-corrected chi connectivity index (χ2v) is 4.91. The van der Waals surface area contributed by atoms with E-state index in [1.54, 1.807) is 0 Å². The topological polar surface area (TPSA) is 0 Å². The van der Waals surface area contributed by atoms with Gasteiger partial charge < -0.3 is 0 Å². The lowest BCUT2D eigenvalue weighted by Gasteiger charge is -2.30. The van der Waals surface area contributed by atoms with Gasteiger partial charge in [0.1, 0.15) is 0 Å². The Morgan fingerprint density at radius 2 is 1.83 bits per heavy atom. The molecular weight excluding hydrogens is 164 g/mol. The first-order valence-electron chi connectivity index (χ1n) is 5.26. The minimum Gasteiger partial charge on any atom is -0.176 e. The molecule has 2 atom stereocenters. The zero-order valence-corrected chi connectivity index (χ0v) is 9.95. The average molecular weight is 188 g/mol. The monoisotopic (exact) mass is 188 g/mol. The summed E-state index contributed by atoms with van der Waals surface area (Å²) in [5.41, 5.74) is 0.539. The molecule has 0 aliphatic rings. The highest BCUT2D eigenvalue weighted by Gasteiger charge is 2.23. The van der Waals surface area contributed by atoms with Crippen molar-refractivity contribution in [2.24, 2.45) is 5.41 Å². The van der Waals surface area contributed by atoms with Crippen LogP contribution in [0.4, 0.5) is 0 Å². The van der Waals surface area contributed by atoms with Crippen LogP contribution in [0.5, 0.6) is 0 Å². The van der Waals surface area contributed by atoms with Crippen LogP contribution in [-0.2, 0) is 0 Å². The third kappa shape index (κ3) is 4.39. The normalized spacial score (nSPS) is 18.8. The lowest BCUT2D eigenvalue weighted by atomic mass is 9.78. The number of hydrogen-bond donors (Lipinski definition) is 1. The zero-order valence-electron chi connectivity index (χ0n) is 9.06. The molecule has 0 spiro atoms. The van der Waals surface area contributed by atoms with Crippen molar-refractivity contribution in [1.29, 1.82) is 0 Å². The van der Waals surface area contributed by atoms with Crippen molar-refractivity contribution in [1.82, 2.24) is 0 Å². The summed E-state index contributed by atoms with van der Waals surface area (Å²) in [6, 6.07) is 0. The SMILES string of the molecule is CCCC(C)(CC)CC(S)CC. The molecule has 0 aromatic heterocycles. The Labute approximate surface area is 83.5 Å². The zero-order chi connectivity index (χ0) is 9.61. The third-order valence-electron chi connectivity index (χ3n) is 2.91. The molecule has 0 aliphatic heterocycles. The Kier molecular flexibility index (Phi) is 6.08. The van der Waals surface area contributed by atoms with Gasteiger partial charge in [-0.3, -0.25) is 0 Å². The second-order valence-electron chi connectivity index (χ2n) is 4.18. The molecule has 0 heterocycles. The maximum Gasteiger partial charge on any atom is 0.00193 e. The van der Waals surface area contributed by atoms with Gasteiger partial charge in [0.15, 0.2) is 0 Å². The van der Waals surface area contributed by atoms with E-state index in [2.05, 4.69) is 40.3 Å². The fourth-order valence-electron chi connectivity index (χ4n) is 1.74.